The van der Waals surface area contributed by atoms with E-state index in [1.54, 1.807) is 0 Å². The number of alkyl halides is 3. The molecule has 0 heterocycles. The van der Waals surface area contributed by atoms with Crippen LogP contribution in [0.4, 0.5) is 24.5 Å². The fourth-order valence-corrected chi connectivity index (χ4v) is 2.67. The lowest BCUT2D eigenvalue weighted by Gasteiger charge is -2.15. The highest BCUT2D eigenvalue weighted by atomic mass is 32.2. The molecular formula is C13H13F3N2O5S. The van der Waals surface area contributed by atoms with E-state index in [9.17, 15) is 31.2 Å². The number of rotatable bonds is 5. The molecular weight excluding hydrogens is 353 g/mol. The molecule has 0 spiro atoms. The topological polar surface area (TPSA) is 113 Å². The number of carbonyl (C=O) groups excluding carboxylic acids is 1. The highest BCUT2D eigenvalue weighted by Crippen LogP contribution is 2.40. The molecule has 11 heteroatoms. The Kier molecular flexibility index (Phi) is 4.48. The third kappa shape index (κ3) is 4.37. The molecule has 1 fully saturated rings. The van der Waals surface area contributed by atoms with Gasteiger partial charge in [0.2, 0.25) is 15.9 Å². The smallest absolute Gasteiger partial charge is 0.416 e. The van der Waals surface area contributed by atoms with Gasteiger partial charge >= 0.3 is 12.1 Å². The van der Waals surface area contributed by atoms with Crippen molar-refractivity contribution in [2.45, 2.75) is 12.6 Å². The molecule has 1 aliphatic rings. The van der Waals surface area contributed by atoms with Crippen LogP contribution >= 0.6 is 0 Å². The van der Waals surface area contributed by atoms with Crippen LogP contribution < -0.4 is 10.0 Å². The van der Waals surface area contributed by atoms with E-state index in [0.717, 1.165) is 12.3 Å². The Morgan fingerprint density at radius 2 is 1.83 bits per heavy atom. The standard InChI is InChI=1S/C13H13F3N2O5S/c1-24(22,23)18-9-3-2-6(13(14,15)16)4-10(9)17-11(19)7-5-8(7)12(20)21/h2-4,7-8,18H,5H2,1H3,(H,17,19)(H,20,21). The largest absolute Gasteiger partial charge is 0.481 e. The first-order chi connectivity index (χ1) is 10.9. The van der Waals surface area contributed by atoms with Crippen molar-refractivity contribution in [2.24, 2.45) is 11.8 Å². The number of benzene rings is 1. The molecule has 0 aliphatic heterocycles. The van der Waals surface area contributed by atoms with Gasteiger partial charge in [-0.3, -0.25) is 14.3 Å². The monoisotopic (exact) mass is 366 g/mol. The van der Waals surface area contributed by atoms with Gasteiger partial charge in [0.25, 0.3) is 0 Å². The SMILES string of the molecule is CS(=O)(=O)Nc1ccc(C(F)(F)F)cc1NC(=O)C1CC1C(=O)O. The number of carbonyl (C=O) groups is 2. The number of aliphatic carboxylic acids is 1. The van der Waals surface area contributed by atoms with Gasteiger partial charge in [0.15, 0.2) is 0 Å². The molecule has 2 unspecified atom stereocenters. The molecule has 3 N–H and O–H groups in total. The maximum atomic E-state index is 12.8. The van der Waals surface area contributed by atoms with Crippen molar-refractivity contribution < 1.29 is 36.3 Å². The van der Waals surface area contributed by atoms with E-state index in [2.05, 4.69) is 5.32 Å². The Balaban J connectivity index is 2.30. The molecule has 2 rings (SSSR count). The van der Waals surface area contributed by atoms with Crippen LogP contribution in [0.5, 0.6) is 0 Å². The van der Waals surface area contributed by atoms with Crippen molar-refractivity contribution in [3.63, 3.8) is 0 Å². The second-order valence-corrected chi connectivity index (χ2v) is 7.16. The molecule has 1 aromatic carbocycles. The highest BCUT2D eigenvalue weighted by molar-refractivity contribution is 7.92. The van der Waals surface area contributed by atoms with Crippen LogP contribution in [0.25, 0.3) is 0 Å². The molecule has 1 amide bonds. The number of hydrogen-bond donors (Lipinski definition) is 3. The summed E-state index contributed by atoms with van der Waals surface area (Å²) >= 11 is 0. The predicted octanol–water partition coefficient (Wildman–Crippen LogP) is 1.74. The van der Waals surface area contributed by atoms with E-state index in [-0.39, 0.29) is 12.1 Å². The summed E-state index contributed by atoms with van der Waals surface area (Å²) in [6, 6.07) is 2.13. The summed E-state index contributed by atoms with van der Waals surface area (Å²) in [6.07, 6.45) is -3.81. The average molecular weight is 366 g/mol. The molecule has 0 saturated heterocycles. The number of hydrogen-bond acceptors (Lipinski definition) is 4. The van der Waals surface area contributed by atoms with E-state index in [1.807, 2.05) is 4.72 Å². The third-order valence-corrected chi connectivity index (χ3v) is 3.94. The van der Waals surface area contributed by atoms with Gasteiger partial charge in [0, 0.05) is 0 Å². The quantitative estimate of drug-likeness (QED) is 0.735. The van der Waals surface area contributed by atoms with Gasteiger partial charge < -0.3 is 10.4 Å². The van der Waals surface area contributed by atoms with Crippen molar-refractivity contribution in [3.05, 3.63) is 23.8 Å². The second kappa shape index (κ2) is 5.96. The number of anilines is 2. The molecule has 0 radical (unpaired) electrons. The van der Waals surface area contributed by atoms with Crippen LogP contribution in [0.3, 0.4) is 0 Å². The van der Waals surface area contributed by atoms with Gasteiger partial charge in [-0.15, -0.1) is 0 Å². The van der Waals surface area contributed by atoms with Gasteiger partial charge in [-0.2, -0.15) is 13.2 Å². The van der Waals surface area contributed by atoms with Crippen LogP contribution in [0.15, 0.2) is 18.2 Å². The fourth-order valence-electron chi connectivity index (χ4n) is 2.10. The summed E-state index contributed by atoms with van der Waals surface area (Å²) in [4.78, 5) is 22.7. The highest BCUT2D eigenvalue weighted by Gasteiger charge is 2.48. The van der Waals surface area contributed by atoms with Crippen molar-refractivity contribution in [1.29, 1.82) is 0 Å². The zero-order chi connectivity index (χ0) is 18.3. The summed E-state index contributed by atoms with van der Waals surface area (Å²) in [6.45, 7) is 0. The molecule has 132 valence electrons. The van der Waals surface area contributed by atoms with E-state index in [0.29, 0.717) is 12.1 Å². The Morgan fingerprint density at radius 1 is 1.21 bits per heavy atom. The Morgan fingerprint density at radius 3 is 2.29 bits per heavy atom. The molecule has 24 heavy (non-hydrogen) atoms. The van der Waals surface area contributed by atoms with Crippen molar-refractivity contribution in [3.8, 4) is 0 Å². The van der Waals surface area contributed by atoms with E-state index < -0.39 is 51.2 Å². The number of carboxylic acid groups (broad SMARTS) is 1. The molecule has 1 aromatic rings. The average Bonchev–Trinajstić information content (AvgIpc) is 3.18. The predicted molar refractivity (Wildman–Crippen MR) is 77.8 cm³/mol. The summed E-state index contributed by atoms with van der Waals surface area (Å²) in [5.41, 5.74) is -1.72. The molecule has 2 atom stereocenters. The van der Waals surface area contributed by atoms with Gasteiger partial charge in [0.05, 0.1) is 35.0 Å². The molecule has 1 aliphatic carbocycles. The van der Waals surface area contributed by atoms with Crippen LogP contribution in [-0.4, -0.2) is 31.7 Å². The van der Waals surface area contributed by atoms with Gasteiger partial charge in [-0.05, 0) is 24.6 Å². The minimum absolute atomic E-state index is 0.0783. The number of carboxylic acids is 1. The zero-order valence-electron chi connectivity index (χ0n) is 12.2. The normalized spacial score (nSPS) is 20.3. The van der Waals surface area contributed by atoms with Crippen LogP contribution in [-0.2, 0) is 25.8 Å². The van der Waals surface area contributed by atoms with Crippen LogP contribution in [0.2, 0.25) is 0 Å². The third-order valence-electron chi connectivity index (χ3n) is 3.34. The first kappa shape index (κ1) is 18.0. The minimum Gasteiger partial charge on any atom is -0.481 e. The summed E-state index contributed by atoms with van der Waals surface area (Å²) in [5, 5.41) is 10.9. The van der Waals surface area contributed by atoms with Gasteiger partial charge in [-0.25, -0.2) is 8.42 Å². The summed E-state index contributed by atoms with van der Waals surface area (Å²) < 4.78 is 62.9. The fraction of sp³-hybridized carbons (Fsp3) is 0.385. The van der Waals surface area contributed by atoms with Crippen LogP contribution in [0.1, 0.15) is 12.0 Å². The van der Waals surface area contributed by atoms with Crippen LogP contribution in [0, 0.1) is 11.8 Å². The van der Waals surface area contributed by atoms with Gasteiger partial charge in [0.1, 0.15) is 0 Å². The van der Waals surface area contributed by atoms with Crippen molar-refractivity contribution in [2.75, 3.05) is 16.3 Å². The van der Waals surface area contributed by atoms with Gasteiger partial charge in [-0.1, -0.05) is 0 Å². The number of sulfonamides is 1. The Labute approximate surface area is 134 Å². The van der Waals surface area contributed by atoms with Crippen molar-refractivity contribution in [1.82, 2.24) is 0 Å². The molecule has 7 nitrogen and oxygen atoms in total. The van der Waals surface area contributed by atoms with E-state index in [1.165, 1.54) is 0 Å². The van der Waals surface area contributed by atoms with E-state index >= 15 is 0 Å². The first-order valence-corrected chi connectivity index (χ1v) is 8.50. The minimum atomic E-state index is -4.69. The first-order valence-electron chi connectivity index (χ1n) is 6.61. The maximum Gasteiger partial charge on any atom is 0.416 e. The molecule has 0 aromatic heterocycles. The Bertz CT molecular complexity index is 791. The number of amides is 1. The second-order valence-electron chi connectivity index (χ2n) is 5.41. The summed E-state index contributed by atoms with van der Waals surface area (Å²) in [7, 11) is -3.79. The lowest BCUT2D eigenvalue weighted by atomic mass is 10.1. The maximum absolute atomic E-state index is 12.8. The lowest BCUT2D eigenvalue weighted by molar-refractivity contribution is -0.139. The van der Waals surface area contributed by atoms with Crippen molar-refractivity contribution >= 4 is 33.3 Å². The number of nitrogens with one attached hydrogen (secondary N) is 2. The molecule has 1 saturated carbocycles. The number of halogens is 3. The van der Waals surface area contributed by atoms with E-state index in [4.69, 9.17) is 5.11 Å². The zero-order valence-corrected chi connectivity index (χ0v) is 13.0. The molecule has 0 bridgehead atoms. The lowest BCUT2D eigenvalue weighted by Crippen LogP contribution is -2.19. The summed E-state index contributed by atoms with van der Waals surface area (Å²) in [5.74, 6) is -3.70. The Hall–Kier alpha value is -2.30.